The quantitative estimate of drug-likeness (QED) is 0.420. The van der Waals surface area contributed by atoms with Crippen LogP contribution in [0.15, 0.2) is 46.9 Å². The zero-order valence-corrected chi connectivity index (χ0v) is 19.1. The van der Waals surface area contributed by atoms with Crippen LogP contribution in [0.3, 0.4) is 0 Å². The minimum Gasteiger partial charge on any atom is -0.493 e. The first-order valence-corrected chi connectivity index (χ1v) is 11.0. The molecule has 7 heteroatoms. The number of halogens is 1. The molecule has 2 N–H and O–H groups in total. The topological polar surface area (TPSA) is 76.7 Å². The molecule has 0 aromatic heterocycles. The van der Waals surface area contributed by atoms with E-state index in [-0.39, 0.29) is 11.8 Å². The summed E-state index contributed by atoms with van der Waals surface area (Å²) in [4.78, 5) is 25.1. The first-order chi connectivity index (χ1) is 14.5. The lowest BCUT2D eigenvalue weighted by Gasteiger charge is -2.13. The van der Waals surface area contributed by atoms with Gasteiger partial charge in [-0.05, 0) is 42.8 Å². The molecule has 2 aromatic carbocycles. The summed E-state index contributed by atoms with van der Waals surface area (Å²) in [5, 5.41) is 5.62. The maximum Gasteiger partial charge on any atom is 0.259 e. The van der Waals surface area contributed by atoms with Crippen molar-refractivity contribution < 1.29 is 19.1 Å². The molecule has 0 radical (unpaired) electrons. The van der Waals surface area contributed by atoms with Crippen molar-refractivity contribution in [1.82, 2.24) is 5.32 Å². The lowest BCUT2D eigenvalue weighted by atomic mass is 10.1. The fourth-order valence-corrected chi connectivity index (χ4v) is 3.18. The molecule has 0 spiro atoms. The summed E-state index contributed by atoms with van der Waals surface area (Å²) >= 11 is 3.41. The SMILES string of the molecule is CCCCCCOc1ccc(Br)cc1C(=O)Nc1cccc(C(=O)NCCOC)c1. The fourth-order valence-electron chi connectivity index (χ4n) is 2.82. The zero-order valence-electron chi connectivity index (χ0n) is 17.5. The third-order valence-corrected chi connectivity index (χ3v) is 4.91. The van der Waals surface area contributed by atoms with Crippen molar-refractivity contribution >= 4 is 33.4 Å². The third-order valence-electron chi connectivity index (χ3n) is 4.42. The van der Waals surface area contributed by atoms with E-state index in [9.17, 15) is 9.59 Å². The van der Waals surface area contributed by atoms with Crippen molar-refractivity contribution in [3.05, 3.63) is 58.1 Å². The number of amides is 2. The van der Waals surface area contributed by atoms with Gasteiger partial charge in [0.15, 0.2) is 0 Å². The molecule has 2 aromatic rings. The Bertz CT molecular complexity index is 842. The van der Waals surface area contributed by atoms with Crippen LogP contribution in [-0.2, 0) is 4.74 Å². The van der Waals surface area contributed by atoms with E-state index >= 15 is 0 Å². The van der Waals surface area contributed by atoms with Crippen LogP contribution < -0.4 is 15.4 Å². The van der Waals surface area contributed by atoms with Gasteiger partial charge in [-0.1, -0.05) is 48.2 Å². The normalized spacial score (nSPS) is 10.5. The molecule has 0 heterocycles. The monoisotopic (exact) mass is 476 g/mol. The lowest BCUT2D eigenvalue weighted by molar-refractivity contribution is 0.0936. The van der Waals surface area contributed by atoms with E-state index in [0.29, 0.717) is 42.3 Å². The molecule has 0 unspecified atom stereocenters. The molecule has 0 atom stereocenters. The highest BCUT2D eigenvalue weighted by atomic mass is 79.9. The predicted molar refractivity (Wildman–Crippen MR) is 122 cm³/mol. The maximum absolute atomic E-state index is 12.9. The number of carbonyl (C=O) groups excluding carboxylic acids is 2. The molecule has 0 bridgehead atoms. The first-order valence-electron chi connectivity index (χ1n) is 10.2. The molecule has 0 aliphatic heterocycles. The summed E-state index contributed by atoms with van der Waals surface area (Å²) < 4.78 is 11.6. The number of anilines is 1. The van der Waals surface area contributed by atoms with Crippen LogP contribution in [-0.4, -0.2) is 38.7 Å². The Morgan fingerprint density at radius 1 is 1.00 bits per heavy atom. The van der Waals surface area contributed by atoms with Crippen molar-refractivity contribution in [1.29, 1.82) is 0 Å². The van der Waals surface area contributed by atoms with Gasteiger partial charge in [0.25, 0.3) is 11.8 Å². The molecule has 2 amide bonds. The Labute approximate surface area is 186 Å². The molecule has 30 heavy (non-hydrogen) atoms. The highest BCUT2D eigenvalue weighted by Crippen LogP contribution is 2.25. The summed E-state index contributed by atoms with van der Waals surface area (Å²) in [6.07, 6.45) is 4.39. The Morgan fingerprint density at radius 2 is 1.83 bits per heavy atom. The summed E-state index contributed by atoms with van der Waals surface area (Å²) in [5.41, 5.74) is 1.44. The van der Waals surface area contributed by atoms with Gasteiger partial charge in [-0.25, -0.2) is 0 Å². The van der Waals surface area contributed by atoms with Crippen molar-refractivity contribution in [3.8, 4) is 5.75 Å². The molecular weight excluding hydrogens is 448 g/mol. The molecule has 0 fully saturated rings. The van der Waals surface area contributed by atoms with Gasteiger partial charge >= 0.3 is 0 Å². The van der Waals surface area contributed by atoms with Crippen LogP contribution in [0.2, 0.25) is 0 Å². The molecule has 0 aliphatic carbocycles. The second-order valence-electron chi connectivity index (χ2n) is 6.83. The van der Waals surface area contributed by atoms with Gasteiger partial charge in [0, 0.05) is 29.4 Å². The van der Waals surface area contributed by atoms with E-state index in [2.05, 4.69) is 33.5 Å². The van der Waals surface area contributed by atoms with Crippen molar-refractivity contribution in [3.63, 3.8) is 0 Å². The minimum atomic E-state index is -0.295. The van der Waals surface area contributed by atoms with Crippen LogP contribution >= 0.6 is 15.9 Å². The molecular formula is C23H29BrN2O4. The number of nitrogens with one attached hydrogen (secondary N) is 2. The number of methoxy groups -OCH3 is 1. The Balaban J connectivity index is 2.05. The highest BCUT2D eigenvalue weighted by molar-refractivity contribution is 9.10. The predicted octanol–water partition coefficient (Wildman–Crippen LogP) is 5.04. The van der Waals surface area contributed by atoms with Gasteiger partial charge in [0.2, 0.25) is 0 Å². The van der Waals surface area contributed by atoms with Crippen LogP contribution in [0, 0.1) is 0 Å². The number of carbonyl (C=O) groups is 2. The minimum absolute atomic E-state index is 0.221. The van der Waals surface area contributed by atoms with E-state index in [4.69, 9.17) is 9.47 Å². The van der Waals surface area contributed by atoms with Gasteiger partial charge in [0.05, 0.1) is 18.8 Å². The fraction of sp³-hybridized carbons (Fsp3) is 0.391. The number of hydrogen-bond acceptors (Lipinski definition) is 4. The highest BCUT2D eigenvalue weighted by Gasteiger charge is 2.15. The first kappa shape index (κ1) is 23.9. The molecule has 0 saturated heterocycles. The number of rotatable bonds is 12. The summed E-state index contributed by atoms with van der Waals surface area (Å²) in [6, 6.07) is 12.2. The van der Waals surface area contributed by atoms with E-state index in [1.807, 2.05) is 6.07 Å². The van der Waals surface area contributed by atoms with Gasteiger partial charge in [-0.15, -0.1) is 0 Å². The smallest absolute Gasteiger partial charge is 0.259 e. The van der Waals surface area contributed by atoms with E-state index in [1.54, 1.807) is 43.5 Å². The van der Waals surface area contributed by atoms with Crippen LogP contribution in [0.25, 0.3) is 0 Å². The molecule has 6 nitrogen and oxygen atoms in total. The molecule has 0 saturated carbocycles. The van der Waals surface area contributed by atoms with Gasteiger partial charge in [-0.2, -0.15) is 0 Å². The average Bonchev–Trinajstić information content (AvgIpc) is 2.74. The molecule has 162 valence electrons. The lowest BCUT2D eigenvalue weighted by Crippen LogP contribution is -2.27. The summed E-state index contributed by atoms with van der Waals surface area (Å²) in [5.74, 6) is 0.0270. The third kappa shape index (κ3) is 7.80. The standard InChI is InChI=1S/C23H29BrN2O4/c1-3-4-5-6-13-30-21-11-10-18(24)16-20(21)23(28)26-19-9-7-8-17(15-19)22(27)25-12-14-29-2/h7-11,15-16H,3-6,12-14H2,1-2H3,(H,25,27)(H,26,28). The molecule has 2 rings (SSSR count). The molecule has 0 aliphatic rings. The van der Waals surface area contributed by atoms with Gasteiger partial charge < -0.3 is 20.1 Å². The van der Waals surface area contributed by atoms with E-state index < -0.39 is 0 Å². The Kier molecular flexibility index (Phi) is 10.4. The second kappa shape index (κ2) is 13.0. The Hall–Kier alpha value is -2.38. The van der Waals surface area contributed by atoms with Crippen LogP contribution in [0.1, 0.15) is 53.3 Å². The number of benzene rings is 2. The largest absolute Gasteiger partial charge is 0.493 e. The van der Waals surface area contributed by atoms with Gasteiger partial charge in [-0.3, -0.25) is 9.59 Å². The van der Waals surface area contributed by atoms with E-state index in [1.165, 1.54) is 6.42 Å². The van der Waals surface area contributed by atoms with E-state index in [0.717, 1.165) is 23.7 Å². The van der Waals surface area contributed by atoms with Crippen LogP contribution in [0.4, 0.5) is 5.69 Å². The van der Waals surface area contributed by atoms with Crippen molar-refractivity contribution in [2.45, 2.75) is 32.6 Å². The van der Waals surface area contributed by atoms with Gasteiger partial charge in [0.1, 0.15) is 5.75 Å². The summed E-state index contributed by atoms with van der Waals surface area (Å²) in [6.45, 7) is 3.59. The van der Waals surface area contributed by atoms with Crippen molar-refractivity contribution in [2.75, 3.05) is 32.2 Å². The average molecular weight is 477 g/mol. The van der Waals surface area contributed by atoms with Crippen molar-refractivity contribution in [2.24, 2.45) is 0 Å². The number of hydrogen-bond donors (Lipinski definition) is 2. The van der Waals surface area contributed by atoms with Crippen LogP contribution in [0.5, 0.6) is 5.75 Å². The summed E-state index contributed by atoms with van der Waals surface area (Å²) in [7, 11) is 1.58. The Morgan fingerprint density at radius 3 is 2.60 bits per heavy atom. The zero-order chi connectivity index (χ0) is 21.8. The second-order valence-corrected chi connectivity index (χ2v) is 7.75. The number of unbranched alkanes of at least 4 members (excludes halogenated alkanes) is 3. The number of ether oxygens (including phenoxy) is 2. The maximum atomic E-state index is 12.9.